The van der Waals surface area contributed by atoms with E-state index in [4.69, 9.17) is 9.84 Å². The number of carboxylic acid groups (broad SMARTS) is 1. The zero-order valence-electron chi connectivity index (χ0n) is 10.6. The van der Waals surface area contributed by atoms with E-state index in [2.05, 4.69) is 5.32 Å². The molecule has 6 heteroatoms. The molecule has 102 valence electrons. The Bertz CT molecular complexity index is 328. The number of hydrogen-bond acceptors (Lipinski definition) is 4. The van der Waals surface area contributed by atoms with E-state index in [0.29, 0.717) is 32.5 Å². The number of carbonyl (C=O) groups is 2. The van der Waals surface area contributed by atoms with Gasteiger partial charge in [-0.1, -0.05) is 0 Å². The predicted octanol–water partition coefficient (Wildman–Crippen LogP) is -0.313. The largest absolute Gasteiger partial charge is 0.481 e. The summed E-state index contributed by atoms with van der Waals surface area (Å²) < 4.78 is 5.45. The maximum atomic E-state index is 12.3. The first-order chi connectivity index (χ1) is 8.59. The van der Waals surface area contributed by atoms with Gasteiger partial charge in [-0.15, -0.1) is 0 Å². The van der Waals surface area contributed by atoms with Crippen molar-refractivity contribution in [1.29, 1.82) is 0 Å². The fraction of sp³-hybridized carbons (Fsp3) is 0.833. The molecular formula is C12H20N2O4. The highest BCUT2D eigenvalue weighted by atomic mass is 16.5. The highest BCUT2D eigenvalue weighted by Crippen LogP contribution is 2.24. The van der Waals surface area contributed by atoms with E-state index in [1.807, 2.05) is 6.92 Å². The smallest absolute Gasteiger partial charge is 0.306 e. The maximum Gasteiger partial charge on any atom is 0.306 e. The minimum absolute atomic E-state index is 0.0152. The number of morpholine rings is 1. The summed E-state index contributed by atoms with van der Waals surface area (Å²) >= 11 is 0. The predicted molar refractivity (Wildman–Crippen MR) is 64.1 cm³/mol. The van der Waals surface area contributed by atoms with E-state index in [9.17, 15) is 9.59 Å². The molecule has 0 aliphatic carbocycles. The molecule has 0 bridgehead atoms. The van der Waals surface area contributed by atoms with Crippen LogP contribution in [0.2, 0.25) is 0 Å². The average Bonchev–Trinajstić information content (AvgIpc) is 2.38. The molecule has 0 radical (unpaired) electrons. The molecule has 6 nitrogen and oxygen atoms in total. The van der Waals surface area contributed by atoms with Crippen LogP contribution in [0.1, 0.15) is 19.8 Å². The van der Waals surface area contributed by atoms with Gasteiger partial charge in [-0.25, -0.2) is 0 Å². The fourth-order valence-corrected chi connectivity index (χ4v) is 2.63. The number of nitrogens with one attached hydrogen (secondary N) is 1. The van der Waals surface area contributed by atoms with Crippen molar-refractivity contribution in [2.45, 2.75) is 31.9 Å². The zero-order valence-corrected chi connectivity index (χ0v) is 10.6. The Morgan fingerprint density at radius 3 is 2.78 bits per heavy atom. The SMILES string of the molecule is CC1CC(C(=O)O)CCN1C(=O)C1CNCCO1. The number of ether oxygens (including phenoxy) is 1. The van der Waals surface area contributed by atoms with Crippen LogP contribution in [0, 0.1) is 5.92 Å². The Morgan fingerprint density at radius 2 is 2.22 bits per heavy atom. The molecule has 0 spiro atoms. The van der Waals surface area contributed by atoms with Crippen LogP contribution in [-0.2, 0) is 14.3 Å². The van der Waals surface area contributed by atoms with Crippen LogP contribution in [0.25, 0.3) is 0 Å². The zero-order chi connectivity index (χ0) is 13.1. The number of likely N-dealkylation sites (tertiary alicyclic amines) is 1. The molecule has 2 aliphatic rings. The normalized spacial score (nSPS) is 33.2. The van der Waals surface area contributed by atoms with Gasteiger partial charge in [-0.3, -0.25) is 9.59 Å². The summed E-state index contributed by atoms with van der Waals surface area (Å²) in [4.78, 5) is 25.0. The molecule has 0 aromatic heterocycles. The number of piperidine rings is 1. The number of carboxylic acids is 1. The van der Waals surface area contributed by atoms with Crippen molar-refractivity contribution in [2.24, 2.45) is 5.92 Å². The third-order valence-electron chi connectivity index (χ3n) is 3.71. The van der Waals surface area contributed by atoms with Crippen LogP contribution in [0.3, 0.4) is 0 Å². The highest BCUT2D eigenvalue weighted by molar-refractivity contribution is 5.82. The lowest BCUT2D eigenvalue weighted by molar-refractivity contribution is -0.153. The minimum atomic E-state index is -0.760. The molecule has 2 aliphatic heterocycles. The Hall–Kier alpha value is -1.14. The van der Waals surface area contributed by atoms with E-state index in [1.165, 1.54) is 0 Å². The Labute approximate surface area is 106 Å². The van der Waals surface area contributed by atoms with Gasteiger partial charge in [0.25, 0.3) is 5.91 Å². The Kier molecular flexibility index (Phi) is 4.19. The van der Waals surface area contributed by atoms with Gasteiger partial charge in [0.1, 0.15) is 6.10 Å². The molecule has 1 amide bonds. The molecular weight excluding hydrogens is 236 g/mol. The van der Waals surface area contributed by atoms with Crippen molar-refractivity contribution in [3.8, 4) is 0 Å². The van der Waals surface area contributed by atoms with E-state index in [-0.39, 0.29) is 17.9 Å². The van der Waals surface area contributed by atoms with Crippen LogP contribution >= 0.6 is 0 Å². The monoisotopic (exact) mass is 256 g/mol. The first-order valence-corrected chi connectivity index (χ1v) is 6.45. The number of nitrogens with zero attached hydrogens (tertiary/aromatic N) is 1. The lowest BCUT2D eigenvalue weighted by Gasteiger charge is -2.38. The first kappa shape index (κ1) is 13.3. The lowest BCUT2D eigenvalue weighted by Crippen LogP contribution is -2.54. The fourth-order valence-electron chi connectivity index (χ4n) is 2.63. The molecule has 2 fully saturated rings. The first-order valence-electron chi connectivity index (χ1n) is 6.45. The third-order valence-corrected chi connectivity index (χ3v) is 3.71. The maximum absolute atomic E-state index is 12.3. The van der Waals surface area contributed by atoms with E-state index >= 15 is 0 Å². The molecule has 0 aromatic carbocycles. The van der Waals surface area contributed by atoms with E-state index < -0.39 is 12.1 Å². The number of hydrogen-bond donors (Lipinski definition) is 2. The minimum Gasteiger partial charge on any atom is -0.481 e. The molecule has 3 unspecified atom stereocenters. The molecule has 2 saturated heterocycles. The topological polar surface area (TPSA) is 78.9 Å². The van der Waals surface area contributed by atoms with Crippen LogP contribution in [0.4, 0.5) is 0 Å². The molecule has 0 saturated carbocycles. The quantitative estimate of drug-likeness (QED) is 0.708. The molecule has 2 N–H and O–H groups in total. The lowest BCUT2D eigenvalue weighted by atomic mass is 9.91. The van der Waals surface area contributed by atoms with Crippen LogP contribution in [0.15, 0.2) is 0 Å². The second kappa shape index (κ2) is 5.67. The van der Waals surface area contributed by atoms with Crippen molar-refractivity contribution in [2.75, 3.05) is 26.2 Å². The van der Waals surface area contributed by atoms with Crippen molar-refractivity contribution < 1.29 is 19.4 Å². The van der Waals surface area contributed by atoms with Crippen LogP contribution in [-0.4, -0.2) is 60.3 Å². The molecule has 0 aromatic rings. The Balaban J connectivity index is 1.93. The molecule has 3 atom stereocenters. The number of amides is 1. The molecule has 2 heterocycles. The summed E-state index contributed by atoms with van der Waals surface area (Å²) in [6.45, 7) is 4.29. The second-order valence-electron chi connectivity index (χ2n) is 5.00. The van der Waals surface area contributed by atoms with Gasteiger partial charge in [0.05, 0.1) is 12.5 Å². The summed E-state index contributed by atoms with van der Waals surface area (Å²) in [6.07, 6.45) is 0.648. The van der Waals surface area contributed by atoms with Crippen molar-refractivity contribution in [3.05, 3.63) is 0 Å². The van der Waals surface area contributed by atoms with Crippen molar-refractivity contribution >= 4 is 11.9 Å². The van der Waals surface area contributed by atoms with Gasteiger partial charge >= 0.3 is 5.97 Å². The Morgan fingerprint density at radius 1 is 1.44 bits per heavy atom. The summed E-state index contributed by atoms with van der Waals surface area (Å²) in [6, 6.07) is -0.0297. The van der Waals surface area contributed by atoms with Crippen LogP contribution in [0.5, 0.6) is 0 Å². The summed E-state index contributed by atoms with van der Waals surface area (Å²) in [5.74, 6) is -1.10. The molecule has 18 heavy (non-hydrogen) atoms. The second-order valence-corrected chi connectivity index (χ2v) is 5.00. The van der Waals surface area contributed by atoms with Gasteiger partial charge in [0.15, 0.2) is 0 Å². The highest BCUT2D eigenvalue weighted by Gasteiger charge is 2.35. The van der Waals surface area contributed by atoms with Gasteiger partial charge in [-0.05, 0) is 19.8 Å². The number of rotatable bonds is 2. The van der Waals surface area contributed by atoms with E-state index in [0.717, 1.165) is 6.54 Å². The standard InChI is InChI=1S/C12H20N2O4/c1-8-6-9(12(16)17)2-4-14(8)11(15)10-7-13-3-5-18-10/h8-10,13H,2-7H2,1H3,(H,16,17). The number of carbonyl (C=O) groups excluding carboxylic acids is 1. The summed E-state index contributed by atoms with van der Waals surface area (Å²) in [7, 11) is 0. The van der Waals surface area contributed by atoms with Crippen molar-refractivity contribution in [1.82, 2.24) is 10.2 Å². The van der Waals surface area contributed by atoms with Gasteiger partial charge < -0.3 is 20.1 Å². The van der Waals surface area contributed by atoms with E-state index in [1.54, 1.807) is 4.90 Å². The van der Waals surface area contributed by atoms with Crippen LogP contribution < -0.4 is 5.32 Å². The molecule has 2 rings (SSSR count). The average molecular weight is 256 g/mol. The van der Waals surface area contributed by atoms with Gasteiger partial charge in [0, 0.05) is 25.7 Å². The number of aliphatic carboxylic acids is 1. The summed E-state index contributed by atoms with van der Waals surface area (Å²) in [5.41, 5.74) is 0. The van der Waals surface area contributed by atoms with Gasteiger partial charge in [-0.2, -0.15) is 0 Å². The van der Waals surface area contributed by atoms with Gasteiger partial charge in [0.2, 0.25) is 0 Å². The summed E-state index contributed by atoms with van der Waals surface area (Å²) in [5, 5.41) is 12.1. The third kappa shape index (κ3) is 2.81. The van der Waals surface area contributed by atoms with Crippen molar-refractivity contribution in [3.63, 3.8) is 0 Å².